The molecule has 0 saturated carbocycles. The van der Waals surface area contributed by atoms with E-state index in [1.165, 1.54) is 12.1 Å². The van der Waals surface area contributed by atoms with Gasteiger partial charge in [-0.2, -0.15) is 13.2 Å². The molecule has 2 heterocycles. The number of nitrogens with zero attached hydrogens (tertiary/aromatic N) is 1. The van der Waals surface area contributed by atoms with Crippen LogP contribution in [0.25, 0.3) is 0 Å². The molecule has 1 aromatic rings. The topological polar surface area (TPSA) is 94.3 Å². The molecule has 2 amide bonds. The number of amides is 2. The lowest BCUT2D eigenvalue weighted by atomic mass is 9.97. The van der Waals surface area contributed by atoms with Crippen molar-refractivity contribution in [1.29, 1.82) is 0 Å². The number of hydrogen-bond acceptors (Lipinski definition) is 4. The molecular weight excluding hydrogens is 303 g/mol. The predicted molar refractivity (Wildman–Crippen MR) is 68.4 cm³/mol. The Balaban J connectivity index is 2.08. The Morgan fingerprint density at radius 3 is 2.68 bits per heavy atom. The van der Waals surface area contributed by atoms with Crippen molar-refractivity contribution in [3.05, 3.63) is 29.6 Å². The standard InChI is InChI=1S/C13H14F3N3O3/c14-13(15,16)9-3-1-2-8(18-9)6-10(20)19-12(11(17)21)4-5-22-7-12/h1-3H,4-7H2,(H2,17,21)(H,19,20). The van der Waals surface area contributed by atoms with Crippen molar-refractivity contribution < 1.29 is 27.5 Å². The predicted octanol–water partition coefficient (Wildman–Crippen LogP) is 0.404. The summed E-state index contributed by atoms with van der Waals surface area (Å²) in [6.45, 7) is 0.217. The maximum Gasteiger partial charge on any atom is 0.433 e. The van der Waals surface area contributed by atoms with Crippen LogP contribution >= 0.6 is 0 Å². The number of halogens is 3. The second-order valence-corrected chi connectivity index (χ2v) is 4.99. The Kier molecular flexibility index (Phi) is 4.36. The molecular formula is C13H14F3N3O3. The van der Waals surface area contributed by atoms with Crippen LogP contribution in [0.3, 0.4) is 0 Å². The lowest BCUT2D eigenvalue weighted by molar-refractivity contribution is -0.141. The zero-order valence-corrected chi connectivity index (χ0v) is 11.4. The molecule has 1 saturated heterocycles. The summed E-state index contributed by atoms with van der Waals surface area (Å²) in [5, 5.41) is 2.44. The first-order valence-corrected chi connectivity index (χ1v) is 6.45. The van der Waals surface area contributed by atoms with Gasteiger partial charge in [0.1, 0.15) is 11.2 Å². The van der Waals surface area contributed by atoms with Crippen LogP contribution in [-0.4, -0.2) is 35.6 Å². The number of carbonyl (C=O) groups excluding carboxylic acids is 2. The summed E-state index contributed by atoms with van der Waals surface area (Å²) in [6.07, 6.45) is -4.75. The molecule has 0 spiro atoms. The monoisotopic (exact) mass is 317 g/mol. The second-order valence-electron chi connectivity index (χ2n) is 4.99. The number of aromatic nitrogens is 1. The van der Waals surface area contributed by atoms with Crippen molar-refractivity contribution in [2.75, 3.05) is 13.2 Å². The van der Waals surface area contributed by atoms with Gasteiger partial charge in [-0.3, -0.25) is 9.59 Å². The molecule has 1 unspecified atom stereocenters. The number of hydrogen-bond donors (Lipinski definition) is 2. The largest absolute Gasteiger partial charge is 0.433 e. The summed E-state index contributed by atoms with van der Waals surface area (Å²) in [5.41, 5.74) is 2.82. The second kappa shape index (κ2) is 5.91. The van der Waals surface area contributed by atoms with Gasteiger partial charge in [0.15, 0.2) is 0 Å². The van der Waals surface area contributed by atoms with Gasteiger partial charge in [-0.1, -0.05) is 6.07 Å². The molecule has 0 bridgehead atoms. The van der Waals surface area contributed by atoms with Crippen LogP contribution in [0.4, 0.5) is 13.2 Å². The van der Waals surface area contributed by atoms with Crippen molar-refractivity contribution in [2.45, 2.75) is 24.6 Å². The fourth-order valence-electron chi connectivity index (χ4n) is 2.13. The highest BCUT2D eigenvalue weighted by Gasteiger charge is 2.42. The van der Waals surface area contributed by atoms with Crippen molar-refractivity contribution in [2.24, 2.45) is 5.73 Å². The van der Waals surface area contributed by atoms with Gasteiger partial charge < -0.3 is 15.8 Å². The molecule has 3 N–H and O–H groups in total. The minimum atomic E-state index is -4.58. The Bertz CT molecular complexity index is 583. The van der Waals surface area contributed by atoms with Crippen molar-refractivity contribution in [3.63, 3.8) is 0 Å². The van der Waals surface area contributed by atoms with Gasteiger partial charge in [0, 0.05) is 13.0 Å². The summed E-state index contributed by atoms with van der Waals surface area (Å²) < 4.78 is 42.7. The van der Waals surface area contributed by atoms with Crippen molar-refractivity contribution in [1.82, 2.24) is 10.3 Å². The van der Waals surface area contributed by atoms with Gasteiger partial charge in [0.05, 0.1) is 18.7 Å². The number of rotatable bonds is 4. The number of carbonyl (C=O) groups is 2. The number of nitrogens with two attached hydrogens (primary N) is 1. The molecule has 1 aliphatic rings. The minimum Gasteiger partial charge on any atom is -0.378 e. The molecule has 6 nitrogen and oxygen atoms in total. The molecule has 120 valence electrons. The first-order chi connectivity index (χ1) is 10.2. The van der Waals surface area contributed by atoms with Crippen LogP contribution < -0.4 is 11.1 Å². The van der Waals surface area contributed by atoms with Gasteiger partial charge in [-0.25, -0.2) is 4.98 Å². The summed E-state index contributed by atoms with van der Waals surface area (Å²) >= 11 is 0. The third-order valence-electron chi connectivity index (χ3n) is 3.31. The van der Waals surface area contributed by atoms with E-state index in [1.54, 1.807) is 0 Å². The third kappa shape index (κ3) is 3.53. The van der Waals surface area contributed by atoms with Gasteiger partial charge in [0.2, 0.25) is 11.8 Å². The summed E-state index contributed by atoms with van der Waals surface area (Å²) in [4.78, 5) is 26.8. The van der Waals surface area contributed by atoms with Crippen LogP contribution in [-0.2, 0) is 26.9 Å². The lowest BCUT2D eigenvalue weighted by Gasteiger charge is -2.24. The van der Waals surface area contributed by atoms with E-state index in [-0.39, 0.29) is 31.7 Å². The Labute approximate surface area is 123 Å². The average molecular weight is 317 g/mol. The van der Waals surface area contributed by atoms with Crippen molar-refractivity contribution in [3.8, 4) is 0 Å². The smallest absolute Gasteiger partial charge is 0.378 e. The maximum absolute atomic E-state index is 12.6. The van der Waals surface area contributed by atoms with Crippen LogP contribution in [0.5, 0.6) is 0 Å². The van der Waals surface area contributed by atoms with E-state index >= 15 is 0 Å². The van der Waals surface area contributed by atoms with Gasteiger partial charge in [-0.05, 0) is 12.1 Å². The molecule has 0 radical (unpaired) electrons. The van der Waals surface area contributed by atoms with Gasteiger partial charge in [-0.15, -0.1) is 0 Å². The molecule has 9 heteroatoms. The van der Waals surface area contributed by atoms with Crippen molar-refractivity contribution >= 4 is 11.8 Å². The van der Waals surface area contributed by atoms with Crippen LogP contribution in [0.2, 0.25) is 0 Å². The van der Waals surface area contributed by atoms with Gasteiger partial charge in [0.25, 0.3) is 0 Å². The quantitative estimate of drug-likeness (QED) is 0.840. The Morgan fingerprint density at radius 1 is 1.41 bits per heavy atom. The van der Waals surface area contributed by atoms with E-state index in [0.717, 1.165) is 6.07 Å². The maximum atomic E-state index is 12.6. The number of alkyl halides is 3. The van der Waals surface area contributed by atoms with Crippen LogP contribution in [0, 0.1) is 0 Å². The molecule has 1 aliphatic heterocycles. The molecule has 0 aromatic carbocycles. The normalized spacial score (nSPS) is 21.6. The highest BCUT2D eigenvalue weighted by molar-refractivity contribution is 5.91. The molecule has 0 aliphatic carbocycles. The fraction of sp³-hybridized carbons (Fsp3) is 0.462. The van der Waals surface area contributed by atoms with Crippen LogP contribution in [0.15, 0.2) is 18.2 Å². The van der Waals surface area contributed by atoms with E-state index in [9.17, 15) is 22.8 Å². The van der Waals surface area contributed by atoms with E-state index in [1.807, 2.05) is 0 Å². The minimum absolute atomic E-state index is 0.0501. The summed E-state index contributed by atoms with van der Waals surface area (Å²) in [6, 6.07) is 3.29. The molecule has 22 heavy (non-hydrogen) atoms. The Morgan fingerprint density at radius 2 is 2.14 bits per heavy atom. The highest BCUT2D eigenvalue weighted by atomic mass is 19.4. The van der Waals surface area contributed by atoms with Gasteiger partial charge >= 0.3 is 6.18 Å². The van der Waals surface area contributed by atoms with E-state index in [4.69, 9.17) is 10.5 Å². The highest BCUT2D eigenvalue weighted by Crippen LogP contribution is 2.27. The lowest BCUT2D eigenvalue weighted by Crippen LogP contribution is -2.58. The number of nitrogens with one attached hydrogen (secondary N) is 1. The van der Waals surface area contributed by atoms with E-state index in [0.29, 0.717) is 0 Å². The number of pyridine rings is 1. The molecule has 2 rings (SSSR count). The number of primary amides is 1. The zero-order chi connectivity index (χ0) is 16.4. The zero-order valence-electron chi connectivity index (χ0n) is 11.4. The first-order valence-electron chi connectivity index (χ1n) is 6.45. The SMILES string of the molecule is NC(=O)C1(NC(=O)Cc2cccc(C(F)(F)F)n2)CCOC1. The first kappa shape index (κ1) is 16.2. The third-order valence-corrected chi connectivity index (χ3v) is 3.31. The van der Waals surface area contributed by atoms with Crippen LogP contribution in [0.1, 0.15) is 17.8 Å². The molecule has 1 aromatic heterocycles. The average Bonchev–Trinajstić information content (AvgIpc) is 2.87. The Hall–Kier alpha value is -2.16. The molecule has 1 atom stereocenters. The fourth-order valence-corrected chi connectivity index (χ4v) is 2.13. The summed E-state index contributed by atoms with van der Waals surface area (Å²) in [7, 11) is 0. The van der Waals surface area contributed by atoms with E-state index in [2.05, 4.69) is 10.3 Å². The summed E-state index contributed by atoms with van der Waals surface area (Å²) in [5.74, 6) is -1.38. The molecule has 1 fully saturated rings. The number of ether oxygens (including phenoxy) is 1. The van der Waals surface area contributed by atoms with E-state index < -0.39 is 29.2 Å².